The van der Waals surface area contributed by atoms with Crippen LogP contribution in [-0.2, 0) is 25.7 Å². The topological polar surface area (TPSA) is 84.9 Å². The number of para-hydroxylation sites is 2. The Morgan fingerprint density at radius 3 is 2.71 bits per heavy atom. The van der Waals surface area contributed by atoms with E-state index in [9.17, 15) is 14.4 Å². The predicted molar refractivity (Wildman–Crippen MR) is 105 cm³/mol. The van der Waals surface area contributed by atoms with Crippen LogP contribution in [0.5, 0.6) is 5.75 Å². The van der Waals surface area contributed by atoms with Gasteiger partial charge in [-0.05, 0) is 18.2 Å². The Balaban J connectivity index is 1.49. The Bertz CT molecular complexity index is 886. The fourth-order valence-corrected chi connectivity index (χ4v) is 3.68. The van der Waals surface area contributed by atoms with Crippen LogP contribution in [0.15, 0.2) is 53.4 Å². The normalized spacial score (nSPS) is 12.9. The summed E-state index contributed by atoms with van der Waals surface area (Å²) >= 11 is 1.44. The van der Waals surface area contributed by atoms with Crippen LogP contribution in [0, 0.1) is 0 Å². The molecule has 0 radical (unpaired) electrons. The van der Waals surface area contributed by atoms with Crippen molar-refractivity contribution in [3.8, 4) is 5.75 Å². The summed E-state index contributed by atoms with van der Waals surface area (Å²) in [5.74, 6) is -0.298. The van der Waals surface area contributed by atoms with Gasteiger partial charge in [0.15, 0.2) is 6.61 Å². The zero-order valence-corrected chi connectivity index (χ0v) is 16.2. The molecule has 3 rings (SSSR count). The fourth-order valence-electron chi connectivity index (χ4n) is 2.74. The lowest BCUT2D eigenvalue weighted by molar-refractivity contribution is -0.147. The molecule has 0 fully saturated rings. The summed E-state index contributed by atoms with van der Waals surface area (Å²) in [6.45, 7) is -0.377. The van der Waals surface area contributed by atoms with Crippen LogP contribution in [0.4, 0.5) is 5.69 Å². The highest BCUT2D eigenvalue weighted by atomic mass is 32.2. The molecule has 2 aromatic rings. The molecule has 2 aromatic carbocycles. The highest BCUT2D eigenvalue weighted by Crippen LogP contribution is 2.34. The molecule has 1 N–H and O–H groups in total. The first kappa shape index (κ1) is 19.8. The number of fused-ring (bicyclic) bond motifs is 1. The summed E-state index contributed by atoms with van der Waals surface area (Å²) in [6, 6.07) is 14.7. The van der Waals surface area contributed by atoms with Crippen LogP contribution in [-0.4, -0.2) is 43.8 Å². The van der Waals surface area contributed by atoms with E-state index in [4.69, 9.17) is 9.47 Å². The maximum atomic E-state index is 12.2. The highest BCUT2D eigenvalue weighted by Gasteiger charge is 2.26. The van der Waals surface area contributed by atoms with E-state index in [1.807, 2.05) is 36.4 Å². The monoisotopic (exact) mass is 400 g/mol. The lowest BCUT2D eigenvalue weighted by atomic mass is 10.2. The number of rotatable bonds is 7. The summed E-state index contributed by atoms with van der Waals surface area (Å²) < 4.78 is 10.3. The third-order valence-electron chi connectivity index (χ3n) is 4.13. The third-order valence-corrected chi connectivity index (χ3v) is 5.18. The number of nitrogens with one attached hydrogen (secondary N) is 1. The van der Waals surface area contributed by atoms with E-state index >= 15 is 0 Å². The molecule has 28 heavy (non-hydrogen) atoms. The van der Waals surface area contributed by atoms with E-state index in [1.165, 1.54) is 16.7 Å². The lowest BCUT2D eigenvalue weighted by Crippen LogP contribution is -2.40. The van der Waals surface area contributed by atoms with Gasteiger partial charge in [0.05, 0.1) is 18.6 Å². The van der Waals surface area contributed by atoms with Gasteiger partial charge in [-0.2, -0.15) is 0 Å². The first-order valence-electron chi connectivity index (χ1n) is 8.65. The van der Waals surface area contributed by atoms with Crippen LogP contribution < -0.4 is 15.0 Å². The Hall–Kier alpha value is -3.00. The van der Waals surface area contributed by atoms with Gasteiger partial charge in [0.2, 0.25) is 5.91 Å². The van der Waals surface area contributed by atoms with Crippen molar-refractivity contribution in [1.29, 1.82) is 0 Å². The molecule has 0 saturated heterocycles. The second-order valence-corrected chi connectivity index (χ2v) is 7.00. The Labute approximate surface area is 167 Å². The molecule has 2 amide bonds. The van der Waals surface area contributed by atoms with E-state index in [0.29, 0.717) is 11.4 Å². The second-order valence-electron chi connectivity index (χ2n) is 5.99. The quantitative estimate of drug-likeness (QED) is 0.716. The summed E-state index contributed by atoms with van der Waals surface area (Å²) in [5, 5.41) is 2.68. The summed E-state index contributed by atoms with van der Waals surface area (Å²) in [5.41, 5.74) is 1.50. The van der Waals surface area contributed by atoms with Gasteiger partial charge in [0, 0.05) is 17.0 Å². The number of carbonyl (C=O) groups excluding carboxylic acids is 3. The minimum absolute atomic E-state index is 0.165. The van der Waals surface area contributed by atoms with Gasteiger partial charge in [-0.3, -0.25) is 19.3 Å². The third kappa shape index (κ3) is 4.83. The maximum absolute atomic E-state index is 12.2. The fraction of sp³-hybridized carbons (Fsp3) is 0.250. The van der Waals surface area contributed by atoms with Gasteiger partial charge in [-0.25, -0.2) is 0 Å². The number of hydrogen-bond donors (Lipinski definition) is 1. The van der Waals surface area contributed by atoms with Crippen molar-refractivity contribution in [3.05, 3.63) is 54.1 Å². The number of anilines is 1. The van der Waals surface area contributed by atoms with E-state index in [-0.39, 0.29) is 24.7 Å². The zero-order valence-electron chi connectivity index (χ0n) is 15.3. The highest BCUT2D eigenvalue weighted by molar-refractivity contribution is 8.00. The van der Waals surface area contributed by atoms with E-state index < -0.39 is 18.5 Å². The average Bonchev–Trinajstić information content (AvgIpc) is 2.73. The molecule has 0 aromatic heterocycles. The number of thioether (sulfide) groups is 1. The number of nitrogens with zero attached hydrogens (tertiary/aromatic N) is 1. The maximum Gasteiger partial charge on any atom is 0.326 e. The number of benzene rings is 2. The van der Waals surface area contributed by atoms with Crippen molar-refractivity contribution in [3.63, 3.8) is 0 Å². The summed E-state index contributed by atoms with van der Waals surface area (Å²) in [7, 11) is 1.56. The molecular weight excluding hydrogens is 380 g/mol. The second kappa shape index (κ2) is 9.27. The first-order chi connectivity index (χ1) is 13.6. The number of amides is 2. The standard InChI is InChI=1S/C20H20N2O5S/c1-26-16-8-4-2-6-14(16)10-21-18(23)12-27-20(25)11-22-15-7-3-5-9-17(15)28-13-19(22)24/h2-9H,10-13H2,1H3,(H,21,23). The number of methoxy groups -OCH3 is 1. The Morgan fingerprint density at radius 2 is 1.89 bits per heavy atom. The molecule has 1 aliphatic rings. The zero-order chi connectivity index (χ0) is 19.9. The van der Waals surface area contributed by atoms with Crippen LogP contribution in [0.3, 0.4) is 0 Å². The van der Waals surface area contributed by atoms with Crippen LogP contribution in [0.1, 0.15) is 5.56 Å². The minimum Gasteiger partial charge on any atom is -0.496 e. The van der Waals surface area contributed by atoms with E-state index in [0.717, 1.165) is 10.5 Å². The Morgan fingerprint density at radius 1 is 1.14 bits per heavy atom. The lowest BCUT2D eigenvalue weighted by Gasteiger charge is -2.27. The van der Waals surface area contributed by atoms with Gasteiger partial charge in [0.25, 0.3) is 5.91 Å². The average molecular weight is 400 g/mol. The first-order valence-corrected chi connectivity index (χ1v) is 9.63. The van der Waals surface area contributed by atoms with Gasteiger partial charge in [-0.1, -0.05) is 30.3 Å². The van der Waals surface area contributed by atoms with Crippen molar-refractivity contribution in [2.24, 2.45) is 0 Å². The molecule has 7 nitrogen and oxygen atoms in total. The number of hydrogen-bond acceptors (Lipinski definition) is 6. The van der Waals surface area contributed by atoms with Crippen LogP contribution in [0.25, 0.3) is 0 Å². The van der Waals surface area contributed by atoms with Crippen molar-refractivity contribution in [2.75, 3.05) is 30.9 Å². The molecule has 0 aliphatic carbocycles. The molecule has 146 valence electrons. The molecule has 0 unspecified atom stereocenters. The number of esters is 1. The molecule has 0 saturated carbocycles. The molecule has 1 heterocycles. The molecule has 0 spiro atoms. The van der Waals surface area contributed by atoms with Crippen molar-refractivity contribution >= 4 is 35.2 Å². The van der Waals surface area contributed by atoms with Crippen LogP contribution >= 0.6 is 11.8 Å². The molecule has 0 atom stereocenters. The van der Waals surface area contributed by atoms with Crippen molar-refractivity contribution in [1.82, 2.24) is 5.32 Å². The molecule has 0 bridgehead atoms. The molecule has 8 heteroatoms. The van der Waals surface area contributed by atoms with Gasteiger partial charge < -0.3 is 14.8 Å². The predicted octanol–water partition coefficient (Wildman–Crippen LogP) is 1.99. The van der Waals surface area contributed by atoms with E-state index in [1.54, 1.807) is 19.2 Å². The van der Waals surface area contributed by atoms with Crippen LogP contribution in [0.2, 0.25) is 0 Å². The van der Waals surface area contributed by atoms with Gasteiger partial charge in [0.1, 0.15) is 12.3 Å². The van der Waals surface area contributed by atoms with Gasteiger partial charge >= 0.3 is 5.97 Å². The summed E-state index contributed by atoms with van der Waals surface area (Å²) in [6.07, 6.45) is 0. The van der Waals surface area contributed by atoms with Gasteiger partial charge in [-0.15, -0.1) is 11.8 Å². The van der Waals surface area contributed by atoms with E-state index in [2.05, 4.69) is 5.32 Å². The minimum atomic E-state index is -0.637. The molecule has 1 aliphatic heterocycles. The summed E-state index contributed by atoms with van der Waals surface area (Å²) in [4.78, 5) is 38.6. The number of ether oxygens (including phenoxy) is 2. The SMILES string of the molecule is COc1ccccc1CNC(=O)COC(=O)CN1C(=O)CSc2ccccc21. The molecular formula is C20H20N2O5S. The Kier molecular flexibility index (Phi) is 6.54. The van der Waals surface area contributed by atoms with Crippen molar-refractivity contribution < 1.29 is 23.9 Å². The number of carbonyl (C=O) groups is 3. The largest absolute Gasteiger partial charge is 0.496 e. The smallest absolute Gasteiger partial charge is 0.326 e. The van der Waals surface area contributed by atoms with Crippen molar-refractivity contribution in [2.45, 2.75) is 11.4 Å².